The van der Waals surface area contributed by atoms with E-state index in [4.69, 9.17) is 0 Å². The van der Waals surface area contributed by atoms with Gasteiger partial charge in [-0.25, -0.2) is 0 Å². The van der Waals surface area contributed by atoms with Crippen LogP contribution < -0.4 is 0 Å². The first-order valence-electron chi connectivity index (χ1n) is 5.74. The van der Waals surface area contributed by atoms with E-state index in [0.29, 0.717) is 6.42 Å². The molecular weight excluding hydrogens is 192 g/mol. The monoisotopic (exact) mass is 214 g/mol. The Morgan fingerprint density at radius 3 is 2.27 bits per heavy atom. The van der Waals surface area contributed by atoms with Crippen molar-refractivity contribution in [3.63, 3.8) is 0 Å². The van der Waals surface area contributed by atoms with Gasteiger partial charge < -0.3 is 4.74 Å². The number of carbonyl (C=O) groups is 2. The first-order chi connectivity index (χ1) is 7.13. The molecule has 0 fully saturated rings. The number of Topliss-reactive ketones (excluding diaryl/α,β-unsaturated/α-hetero) is 1. The fourth-order valence-corrected chi connectivity index (χ4v) is 1.43. The zero-order valence-corrected chi connectivity index (χ0v) is 10.0. The quantitative estimate of drug-likeness (QED) is 0.354. The maximum atomic E-state index is 11.5. The van der Waals surface area contributed by atoms with Crippen LogP contribution in [0.5, 0.6) is 0 Å². The van der Waals surface area contributed by atoms with E-state index in [0.717, 1.165) is 12.8 Å². The highest BCUT2D eigenvalue weighted by Crippen LogP contribution is 2.09. The second-order valence-electron chi connectivity index (χ2n) is 3.88. The number of ether oxygens (including phenoxy) is 1. The van der Waals surface area contributed by atoms with Gasteiger partial charge in [-0.3, -0.25) is 9.59 Å². The molecule has 3 heteroatoms. The van der Waals surface area contributed by atoms with Crippen molar-refractivity contribution < 1.29 is 14.3 Å². The molecule has 0 aliphatic carbocycles. The van der Waals surface area contributed by atoms with E-state index < -0.39 is 11.9 Å². The van der Waals surface area contributed by atoms with Gasteiger partial charge in [0.15, 0.2) is 0 Å². The molecule has 1 unspecified atom stereocenters. The Bertz CT molecular complexity index is 199. The lowest BCUT2D eigenvalue weighted by molar-refractivity contribution is -0.148. The number of hydrogen-bond acceptors (Lipinski definition) is 3. The van der Waals surface area contributed by atoms with E-state index in [1.807, 2.05) is 0 Å². The summed E-state index contributed by atoms with van der Waals surface area (Å²) in [5.74, 6) is -1.02. The molecule has 0 aromatic rings. The summed E-state index contributed by atoms with van der Waals surface area (Å²) in [5.41, 5.74) is 0. The van der Waals surface area contributed by atoms with Crippen molar-refractivity contribution in [1.82, 2.24) is 0 Å². The average Bonchev–Trinajstić information content (AvgIpc) is 2.26. The second kappa shape index (κ2) is 8.45. The minimum Gasteiger partial charge on any atom is -0.468 e. The summed E-state index contributed by atoms with van der Waals surface area (Å²) in [6, 6.07) is 0. The Balaban J connectivity index is 3.60. The van der Waals surface area contributed by atoms with Gasteiger partial charge in [-0.15, -0.1) is 0 Å². The van der Waals surface area contributed by atoms with Crippen molar-refractivity contribution in [1.29, 1.82) is 0 Å². The third-order valence-electron chi connectivity index (χ3n) is 2.56. The highest BCUT2D eigenvalue weighted by atomic mass is 16.5. The molecule has 0 aromatic carbocycles. The Labute approximate surface area is 92.2 Å². The van der Waals surface area contributed by atoms with Gasteiger partial charge in [-0.2, -0.15) is 0 Å². The van der Waals surface area contributed by atoms with E-state index in [2.05, 4.69) is 11.7 Å². The SMILES string of the molecule is CCCCCCCC(=O)C(C)C(=O)OC. The van der Waals surface area contributed by atoms with Crippen LogP contribution in [0.1, 0.15) is 52.4 Å². The van der Waals surface area contributed by atoms with Crippen LogP contribution in [0, 0.1) is 5.92 Å². The molecule has 0 bridgehead atoms. The molecule has 15 heavy (non-hydrogen) atoms. The molecule has 0 saturated carbocycles. The topological polar surface area (TPSA) is 43.4 Å². The van der Waals surface area contributed by atoms with Gasteiger partial charge in [0.05, 0.1) is 7.11 Å². The third kappa shape index (κ3) is 6.26. The maximum Gasteiger partial charge on any atom is 0.315 e. The third-order valence-corrected chi connectivity index (χ3v) is 2.56. The molecule has 0 amide bonds. The molecule has 0 spiro atoms. The molecule has 0 saturated heterocycles. The number of hydrogen-bond donors (Lipinski definition) is 0. The zero-order valence-electron chi connectivity index (χ0n) is 10.0. The molecule has 0 aliphatic heterocycles. The van der Waals surface area contributed by atoms with Crippen molar-refractivity contribution in [2.45, 2.75) is 52.4 Å². The molecule has 0 N–H and O–H groups in total. The predicted octanol–water partition coefficient (Wildman–Crippen LogP) is 2.73. The summed E-state index contributed by atoms with van der Waals surface area (Å²) in [5, 5.41) is 0. The molecule has 3 nitrogen and oxygen atoms in total. The minimum absolute atomic E-state index is 0.00153. The van der Waals surface area contributed by atoms with Gasteiger partial charge in [-0.1, -0.05) is 32.6 Å². The summed E-state index contributed by atoms with van der Waals surface area (Å²) >= 11 is 0. The Hall–Kier alpha value is -0.860. The molecule has 1 atom stereocenters. The lowest BCUT2D eigenvalue weighted by Crippen LogP contribution is -2.22. The van der Waals surface area contributed by atoms with Gasteiger partial charge in [0, 0.05) is 6.42 Å². The minimum atomic E-state index is -0.596. The van der Waals surface area contributed by atoms with E-state index in [1.54, 1.807) is 6.92 Å². The van der Waals surface area contributed by atoms with E-state index >= 15 is 0 Å². The van der Waals surface area contributed by atoms with Gasteiger partial charge >= 0.3 is 5.97 Å². The molecule has 88 valence electrons. The van der Waals surface area contributed by atoms with Gasteiger partial charge in [0.25, 0.3) is 0 Å². The second-order valence-corrected chi connectivity index (χ2v) is 3.88. The van der Waals surface area contributed by atoms with Crippen LogP contribution in [-0.2, 0) is 14.3 Å². The summed E-state index contributed by atoms with van der Waals surface area (Å²) in [4.78, 5) is 22.5. The summed E-state index contributed by atoms with van der Waals surface area (Å²) < 4.78 is 4.52. The summed E-state index contributed by atoms with van der Waals surface area (Å²) in [7, 11) is 1.31. The number of rotatable bonds is 8. The van der Waals surface area contributed by atoms with Crippen molar-refractivity contribution in [3.05, 3.63) is 0 Å². The van der Waals surface area contributed by atoms with Gasteiger partial charge in [0.2, 0.25) is 0 Å². The highest BCUT2D eigenvalue weighted by Gasteiger charge is 2.20. The standard InChI is InChI=1S/C12H22O3/c1-4-5-6-7-8-9-11(13)10(2)12(14)15-3/h10H,4-9H2,1-3H3. The number of methoxy groups -OCH3 is 1. The van der Waals surface area contributed by atoms with Crippen molar-refractivity contribution in [3.8, 4) is 0 Å². The van der Waals surface area contributed by atoms with E-state index in [9.17, 15) is 9.59 Å². The smallest absolute Gasteiger partial charge is 0.315 e. The van der Waals surface area contributed by atoms with Crippen LogP contribution in [0.25, 0.3) is 0 Å². The first kappa shape index (κ1) is 14.1. The Kier molecular flexibility index (Phi) is 7.96. The number of ketones is 1. The summed E-state index contributed by atoms with van der Waals surface area (Å²) in [6.07, 6.45) is 6.07. The molecule has 0 heterocycles. The van der Waals surface area contributed by atoms with Crippen molar-refractivity contribution >= 4 is 11.8 Å². The normalized spacial score (nSPS) is 12.2. The van der Waals surface area contributed by atoms with Crippen LogP contribution in [0.3, 0.4) is 0 Å². The van der Waals surface area contributed by atoms with E-state index in [-0.39, 0.29) is 5.78 Å². The molecule has 0 aromatic heterocycles. The molecule has 0 radical (unpaired) electrons. The van der Waals surface area contributed by atoms with Crippen molar-refractivity contribution in [2.24, 2.45) is 5.92 Å². The van der Waals surface area contributed by atoms with Crippen LogP contribution in [0.15, 0.2) is 0 Å². The summed E-state index contributed by atoms with van der Waals surface area (Å²) in [6.45, 7) is 3.77. The van der Waals surface area contributed by atoms with Crippen LogP contribution in [0.2, 0.25) is 0 Å². The van der Waals surface area contributed by atoms with Gasteiger partial charge in [0.1, 0.15) is 11.7 Å². The van der Waals surface area contributed by atoms with Crippen LogP contribution >= 0.6 is 0 Å². The van der Waals surface area contributed by atoms with Gasteiger partial charge in [-0.05, 0) is 13.3 Å². The number of esters is 1. The molecular formula is C12H22O3. The van der Waals surface area contributed by atoms with E-state index in [1.165, 1.54) is 26.4 Å². The fraction of sp³-hybridized carbons (Fsp3) is 0.833. The zero-order chi connectivity index (χ0) is 11.7. The molecule has 0 rings (SSSR count). The van der Waals surface area contributed by atoms with Crippen LogP contribution in [0.4, 0.5) is 0 Å². The molecule has 0 aliphatic rings. The lowest BCUT2D eigenvalue weighted by atomic mass is 10.0. The largest absolute Gasteiger partial charge is 0.468 e. The Morgan fingerprint density at radius 1 is 1.13 bits per heavy atom. The average molecular weight is 214 g/mol. The fourth-order valence-electron chi connectivity index (χ4n) is 1.43. The lowest BCUT2D eigenvalue weighted by Gasteiger charge is -2.07. The number of carbonyl (C=O) groups excluding carboxylic acids is 2. The number of unbranched alkanes of at least 4 members (excludes halogenated alkanes) is 4. The first-order valence-corrected chi connectivity index (χ1v) is 5.74. The predicted molar refractivity (Wildman–Crippen MR) is 59.6 cm³/mol. The van der Waals surface area contributed by atoms with Crippen LogP contribution in [-0.4, -0.2) is 18.9 Å². The Morgan fingerprint density at radius 2 is 1.73 bits per heavy atom. The highest BCUT2D eigenvalue weighted by molar-refractivity contribution is 5.98. The maximum absolute atomic E-state index is 11.5. The van der Waals surface area contributed by atoms with Crippen molar-refractivity contribution in [2.75, 3.05) is 7.11 Å².